The molecular weight excluding hydrogens is 540 g/mol. The third-order valence-electron chi connectivity index (χ3n) is 9.10. The van der Waals surface area contributed by atoms with Crippen LogP contribution in [-0.4, -0.2) is 64.4 Å². The van der Waals surface area contributed by atoms with E-state index in [0.29, 0.717) is 31.0 Å². The molecule has 2 aliphatic rings. The van der Waals surface area contributed by atoms with E-state index in [0.717, 1.165) is 44.2 Å². The molecule has 220 valence electrons. The van der Waals surface area contributed by atoms with Crippen LogP contribution in [0.25, 0.3) is 21.8 Å². The number of carbonyl (C=O) groups excluding carboxylic acids is 2. The molecule has 3 aromatic carbocycles. The molecule has 2 N–H and O–H groups in total. The standard InChI is InChI=1S/C35H36N4O4/c1-21(2)43-29-14-13-22(17-30(29)42-4)26-19-39-31(40)20-38(16-15-23-18-36-27-11-7-5-9-24(23)27)34(41)35(39,3)33-32(26)25-10-6-8-12-28(25)37-33/h5-14,17-18,21,26,36-37H,15-16,19-20H2,1-4H3/t26-,35-/m0/s1. The first kappa shape index (κ1) is 27.1. The average molecular weight is 577 g/mol. The van der Waals surface area contributed by atoms with Gasteiger partial charge in [0.15, 0.2) is 17.0 Å². The number of aromatic nitrogens is 2. The molecule has 5 aromatic rings. The first-order valence-electron chi connectivity index (χ1n) is 14.9. The Morgan fingerprint density at radius 1 is 0.977 bits per heavy atom. The van der Waals surface area contributed by atoms with Gasteiger partial charge in [0, 0.05) is 47.0 Å². The third kappa shape index (κ3) is 4.27. The van der Waals surface area contributed by atoms with Crippen molar-refractivity contribution in [3.63, 3.8) is 0 Å². The third-order valence-corrected chi connectivity index (χ3v) is 9.10. The topological polar surface area (TPSA) is 90.7 Å². The number of fused-ring (bicyclic) bond motifs is 6. The van der Waals surface area contributed by atoms with Crippen molar-refractivity contribution < 1.29 is 19.1 Å². The van der Waals surface area contributed by atoms with Crippen molar-refractivity contribution in [2.45, 2.75) is 44.8 Å². The molecule has 0 radical (unpaired) electrons. The molecule has 2 aliphatic heterocycles. The molecule has 2 aromatic heterocycles. The summed E-state index contributed by atoms with van der Waals surface area (Å²) in [6.45, 7) is 6.77. The van der Waals surface area contributed by atoms with Gasteiger partial charge >= 0.3 is 0 Å². The van der Waals surface area contributed by atoms with Crippen molar-refractivity contribution >= 4 is 33.6 Å². The number of H-pyrrole nitrogens is 2. The van der Waals surface area contributed by atoms with E-state index in [4.69, 9.17) is 9.47 Å². The fraction of sp³-hybridized carbons (Fsp3) is 0.314. The first-order valence-corrected chi connectivity index (χ1v) is 14.9. The van der Waals surface area contributed by atoms with Crippen molar-refractivity contribution in [2.75, 3.05) is 26.7 Å². The number of rotatable bonds is 7. The smallest absolute Gasteiger partial charge is 0.254 e. The van der Waals surface area contributed by atoms with E-state index in [-0.39, 0.29) is 30.4 Å². The summed E-state index contributed by atoms with van der Waals surface area (Å²) >= 11 is 0. The molecule has 7 rings (SSSR count). The minimum Gasteiger partial charge on any atom is -0.493 e. The number of amides is 2. The number of piperazine rings is 1. The molecule has 0 aliphatic carbocycles. The predicted octanol–water partition coefficient (Wildman–Crippen LogP) is 5.72. The van der Waals surface area contributed by atoms with Gasteiger partial charge in [0.05, 0.1) is 25.5 Å². The number of nitrogens with zero attached hydrogens (tertiary/aromatic N) is 2. The minimum atomic E-state index is -1.15. The number of hydrogen-bond donors (Lipinski definition) is 2. The highest BCUT2D eigenvalue weighted by Crippen LogP contribution is 2.49. The summed E-state index contributed by atoms with van der Waals surface area (Å²) in [5, 5.41) is 2.20. The van der Waals surface area contributed by atoms with E-state index >= 15 is 0 Å². The molecule has 1 saturated heterocycles. The van der Waals surface area contributed by atoms with Crippen LogP contribution in [0.5, 0.6) is 11.5 Å². The molecule has 0 unspecified atom stereocenters. The van der Waals surface area contributed by atoms with Crippen LogP contribution < -0.4 is 9.47 Å². The number of methoxy groups -OCH3 is 1. The highest BCUT2D eigenvalue weighted by atomic mass is 16.5. The summed E-state index contributed by atoms with van der Waals surface area (Å²) in [5.74, 6) is 1.05. The summed E-state index contributed by atoms with van der Waals surface area (Å²) < 4.78 is 11.7. The summed E-state index contributed by atoms with van der Waals surface area (Å²) in [4.78, 5) is 38.8. The van der Waals surface area contributed by atoms with Gasteiger partial charge in [-0.15, -0.1) is 0 Å². The van der Waals surface area contributed by atoms with Crippen LogP contribution in [0, 0.1) is 0 Å². The van der Waals surface area contributed by atoms with Gasteiger partial charge < -0.3 is 29.2 Å². The van der Waals surface area contributed by atoms with Crippen LogP contribution in [0.3, 0.4) is 0 Å². The number of aromatic amines is 2. The lowest BCUT2D eigenvalue weighted by Gasteiger charge is -2.51. The summed E-state index contributed by atoms with van der Waals surface area (Å²) in [5.41, 5.74) is 4.84. The number of para-hydroxylation sites is 2. The molecular formula is C35H36N4O4. The maximum atomic E-state index is 14.4. The zero-order valence-corrected chi connectivity index (χ0v) is 24.9. The van der Waals surface area contributed by atoms with Gasteiger partial charge in [-0.25, -0.2) is 0 Å². The second kappa shape index (κ2) is 10.2. The van der Waals surface area contributed by atoms with Crippen LogP contribution in [0.1, 0.15) is 49.1 Å². The molecule has 0 saturated carbocycles. The van der Waals surface area contributed by atoms with E-state index in [1.54, 1.807) is 16.9 Å². The Hall–Kier alpha value is -4.72. The Balaban J connectivity index is 1.29. The first-order chi connectivity index (χ1) is 20.8. The molecule has 0 spiro atoms. The molecule has 0 bridgehead atoms. The second-order valence-corrected chi connectivity index (χ2v) is 12.0. The summed E-state index contributed by atoms with van der Waals surface area (Å²) in [6, 6.07) is 22.3. The number of ether oxygens (including phenoxy) is 2. The summed E-state index contributed by atoms with van der Waals surface area (Å²) in [7, 11) is 1.64. The van der Waals surface area contributed by atoms with Gasteiger partial charge in [-0.1, -0.05) is 42.5 Å². The monoisotopic (exact) mass is 576 g/mol. The van der Waals surface area contributed by atoms with Crippen LogP contribution in [-0.2, 0) is 21.5 Å². The summed E-state index contributed by atoms with van der Waals surface area (Å²) in [6.07, 6.45) is 2.67. The van der Waals surface area contributed by atoms with Crippen LogP contribution >= 0.6 is 0 Å². The normalized spacial score (nSPS) is 20.2. The molecule has 8 heteroatoms. The molecule has 43 heavy (non-hydrogen) atoms. The predicted molar refractivity (Wildman–Crippen MR) is 167 cm³/mol. The van der Waals surface area contributed by atoms with Crippen LogP contribution in [0.4, 0.5) is 0 Å². The minimum absolute atomic E-state index is 0.00579. The van der Waals surface area contributed by atoms with E-state index in [1.807, 2.05) is 81.6 Å². The van der Waals surface area contributed by atoms with E-state index in [9.17, 15) is 9.59 Å². The van der Waals surface area contributed by atoms with Gasteiger partial charge in [-0.2, -0.15) is 0 Å². The number of carbonyl (C=O) groups is 2. The Labute approximate surface area is 250 Å². The van der Waals surface area contributed by atoms with Crippen molar-refractivity contribution in [1.82, 2.24) is 19.8 Å². The van der Waals surface area contributed by atoms with Crippen LogP contribution in [0.15, 0.2) is 72.9 Å². The zero-order valence-electron chi connectivity index (χ0n) is 24.9. The lowest BCUT2D eigenvalue weighted by Crippen LogP contribution is -2.67. The second-order valence-electron chi connectivity index (χ2n) is 12.0. The Kier molecular flexibility index (Phi) is 6.45. The van der Waals surface area contributed by atoms with Gasteiger partial charge in [-0.3, -0.25) is 9.59 Å². The number of benzene rings is 3. The lowest BCUT2D eigenvalue weighted by molar-refractivity contribution is -0.166. The van der Waals surface area contributed by atoms with Gasteiger partial charge in [0.1, 0.15) is 0 Å². The largest absolute Gasteiger partial charge is 0.493 e. The highest BCUT2D eigenvalue weighted by molar-refractivity contribution is 6.01. The van der Waals surface area contributed by atoms with Crippen molar-refractivity contribution in [3.8, 4) is 11.5 Å². The molecule has 4 heterocycles. The molecule has 8 nitrogen and oxygen atoms in total. The number of hydrogen-bond acceptors (Lipinski definition) is 4. The molecule has 2 amide bonds. The Morgan fingerprint density at radius 2 is 1.72 bits per heavy atom. The fourth-order valence-electron chi connectivity index (χ4n) is 7.00. The maximum absolute atomic E-state index is 14.4. The van der Waals surface area contributed by atoms with E-state index in [2.05, 4.69) is 22.1 Å². The van der Waals surface area contributed by atoms with Crippen LogP contribution in [0.2, 0.25) is 0 Å². The Morgan fingerprint density at radius 3 is 2.49 bits per heavy atom. The van der Waals surface area contributed by atoms with E-state index < -0.39 is 5.54 Å². The Bertz CT molecular complexity index is 1870. The lowest BCUT2D eigenvalue weighted by atomic mass is 9.76. The molecule has 1 fully saturated rings. The van der Waals surface area contributed by atoms with E-state index in [1.165, 1.54) is 0 Å². The zero-order chi connectivity index (χ0) is 29.9. The van der Waals surface area contributed by atoms with Gasteiger partial charge in [0.25, 0.3) is 5.91 Å². The van der Waals surface area contributed by atoms with Crippen molar-refractivity contribution in [2.24, 2.45) is 0 Å². The van der Waals surface area contributed by atoms with Gasteiger partial charge in [0.2, 0.25) is 5.91 Å². The molecule has 2 atom stereocenters. The highest BCUT2D eigenvalue weighted by Gasteiger charge is 2.56. The average Bonchev–Trinajstić information content (AvgIpc) is 3.61. The number of nitrogens with one attached hydrogen (secondary N) is 2. The maximum Gasteiger partial charge on any atom is 0.254 e. The SMILES string of the molecule is COc1cc([C@@H]2CN3C(=O)CN(CCc4c[nH]c5ccccc45)C(=O)[C@]3(C)c3[nH]c4ccccc4c32)ccc1OC(C)C. The van der Waals surface area contributed by atoms with Gasteiger partial charge in [-0.05, 0) is 68.1 Å². The van der Waals surface area contributed by atoms with Crippen molar-refractivity contribution in [1.29, 1.82) is 0 Å². The quantitative estimate of drug-likeness (QED) is 0.259. The van der Waals surface area contributed by atoms with Crippen molar-refractivity contribution in [3.05, 3.63) is 95.3 Å². The fourth-order valence-corrected chi connectivity index (χ4v) is 7.00.